The van der Waals surface area contributed by atoms with Gasteiger partial charge in [-0.25, -0.2) is 16.8 Å². The summed E-state index contributed by atoms with van der Waals surface area (Å²) in [6, 6.07) is 19.2. The van der Waals surface area contributed by atoms with Gasteiger partial charge in [-0.1, -0.05) is 242 Å². The Labute approximate surface area is 438 Å². The molecule has 9 heteroatoms. The van der Waals surface area contributed by atoms with Crippen molar-refractivity contribution >= 4 is 90.7 Å². The van der Waals surface area contributed by atoms with Crippen LogP contribution in [-0.2, 0) is 45.9 Å². The third-order valence-electron chi connectivity index (χ3n) is 13.1. The summed E-state index contributed by atoms with van der Waals surface area (Å²) in [5.74, 6) is 0. The van der Waals surface area contributed by atoms with Gasteiger partial charge >= 0.3 is 48.9 Å². The van der Waals surface area contributed by atoms with Crippen molar-refractivity contribution < 1.29 is 25.9 Å². The predicted octanol–water partition coefficient (Wildman–Crippen LogP) is 16.3. The number of unbranched alkanes of at least 4 members (excludes halogenated alkanes) is 24. The van der Waals surface area contributed by atoms with E-state index in [2.05, 4.69) is 39.8 Å². The summed E-state index contributed by atoms with van der Waals surface area (Å²) in [6.07, 6.45) is 36.7. The summed E-state index contributed by atoms with van der Waals surface area (Å²) in [7, 11) is -9.07. The van der Waals surface area contributed by atoms with Crippen molar-refractivity contribution in [1.29, 1.82) is 0 Å². The molecule has 0 amide bonds. The molecular weight excluding hydrogens is 970 g/mol. The first-order valence-electron chi connectivity index (χ1n) is 26.0. The molecule has 0 radical (unpaired) electrons. The molecule has 0 aliphatic rings. The van der Waals surface area contributed by atoms with Crippen molar-refractivity contribution in [3.8, 4) is 0 Å². The van der Waals surface area contributed by atoms with Gasteiger partial charge in [0.15, 0.2) is 0 Å². The van der Waals surface area contributed by atoms with E-state index in [1.165, 1.54) is 128 Å². The zero-order valence-electron chi connectivity index (χ0n) is 41.4. The maximum absolute atomic E-state index is 12.3. The first kappa shape index (κ1) is 59.9. The number of aryl methyl sites for hydroxylation is 2. The predicted molar refractivity (Wildman–Crippen MR) is 276 cm³/mol. The van der Waals surface area contributed by atoms with Crippen molar-refractivity contribution in [3.63, 3.8) is 0 Å². The summed E-state index contributed by atoms with van der Waals surface area (Å²) in [5, 5.41) is 2.90. The van der Waals surface area contributed by atoms with E-state index in [1.807, 2.05) is 36.4 Å². The fourth-order valence-electron chi connectivity index (χ4n) is 9.45. The topological polar surface area (TPSA) is 114 Å². The van der Waals surface area contributed by atoms with Crippen LogP contribution in [0.15, 0.2) is 70.5 Å². The Morgan fingerprint density at radius 2 is 0.600 bits per heavy atom. The van der Waals surface area contributed by atoms with E-state index in [4.69, 9.17) is 0 Å². The SMILES string of the molecule is CCCCCCCCCc1cc2ccccc2c(S(=O)(=O)[O-])c1CCCCCCCCC.CCCCCCCCCc1cc2ccccc2c(S(=O)(=O)[O-])c1CCCCCCCCC.[Ba+2]. The Morgan fingerprint density at radius 1 is 0.354 bits per heavy atom. The maximum Gasteiger partial charge on any atom is 2.00 e. The van der Waals surface area contributed by atoms with Gasteiger partial charge in [-0.2, -0.15) is 0 Å². The molecule has 0 saturated carbocycles. The number of benzene rings is 4. The fraction of sp³-hybridized carbons (Fsp3) is 0.643. The molecule has 0 aliphatic heterocycles. The van der Waals surface area contributed by atoms with Gasteiger partial charge in [-0.15, -0.1) is 0 Å². The molecule has 0 unspecified atom stereocenters. The Morgan fingerprint density at radius 3 is 0.877 bits per heavy atom. The molecule has 0 atom stereocenters. The van der Waals surface area contributed by atoms with Gasteiger partial charge in [-0.05, 0) is 95.2 Å². The van der Waals surface area contributed by atoms with Crippen LogP contribution in [0.4, 0.5) is 0 Å². The van der Waals surface area contributed by atoms with Crippen molar-refractivity contribution in [2.45, 2.75) is 243 Å². The second-order valence-electron chi connectivity index (χ2n) is 18.5. The Hall–Kier alpha value is -1.21. The minimum absolute atomic E-state index is 0. The van der Waals surface area contributed by atoms with Gasteiger partial charge in [0.25, 0.3) is 0 Å². The molecule has 4 aromatic carbocycles. The summed E-state index contributed by atoms with van der Waals surface area (Å²) < 4.78 is 74.1. The van der Waals surface area contributed by atoms with Crippen LogP contribution in [-0.4, -0.2) is 74.8 Å². The van der Waals surface area contributed by atoms with Gasteiger partial charge in [0.1, 0.15) is 20.2 Å². The van der Waals surface area contributed by atoms with Crippen LogP contribution < -0.4 is 0 Å². The number of fused-ring (bicyclic) bond motifs is 2. The Balaban J connectivity index is 0.000000440. The third kappa shape index (κ3) is 22.8. The molecule has 6 nitrogen and oxygen atoms in total. The van der Waals surface area contributed by atoms with Crippen LogP contribution >= 0.6 is 0 Å². The van der Waals surface area contributed by atoms with Gasteiger partial charge in [0, 0.05) is 0 Å². The number of hydrogen-bond acceptors (Lipinski definition) is 6. The molecule has 0 N–H and O–H groups in total. The van der Waals surface area contributed by atoms with Crippen LogP contribution in [0, 0.1) is 0 Å². The van der Waals surface area contributed by atoms with Crippen molar-refractivity contribution in [2.75, 3.05) is 0 Å². The van der Waals surface area contributed by atoms with E-state index < -0.39 is 20.2 Å². The van der Waals surface area contributed by atoms with Crippen molar-refractivity contribution in [3.05, 3.63) is 82.9 Å². The largest absolute Gasteiger partial charge is 2.00 e. The van der Waals surface area contributed by atoms with E-state index in [9.17, 15) is 25.9 Å². The molecule has 0 aliphatic carbocycles. The first-order valence-corrected chi connectivity index (χ1v) is 28.8. The third-order valence-corrected chi connectivity index (χ3v) is 15.0. The monoisotopic (exact) mass is 1060 g/mol. The number of rotatable bonds is 34. The normalized spacial score (nSPS) is 11.8. The molecule has 4 aromatic rings. The number of hydrogen-bond donors (Lipinski definition) is 0. The van der Waals surface area contributed by atoms with Gasteiger partial charge < -0.3 is 9.11 Å². The molecule has 0 aromatic heterocycles. The van der Waals surface area contributed by atoms with E-state index >= 15 is 0 Å². The van der Waals surface area contributed by atoms with Crippen LogP contribution in [0.2, 0.25) is 0 Å². The molecule has 0 bridgehead atoms. The Kier molecular flexibility index (Phi) is 32.2. The van der Waals surface area contributed by atoms with Crippen molar-refractivity contribution in [2.24, 2.45) is 0 Å². The van der Waals surface area contributed by atoms with Crippen LogP contribution in [0.1, 0.15) is 230 Å². The first-order chi connectivity index (χ1) is 31.0. The molecule has 0 heterocycles. The molecule has 0 saturated heterocycles. The second kappa shape index (κ2) is 35.0. The molecule has 4 rings (SSSR count). The smallest absolute Gasteiger partial charge is 0.744 e. The Bertz CT molecular complexity index is 1960. The molecule has 65 heavy (non-hydrogen) atoms. The van der Waals surface area contributed by atoms with E-state index in [0.29, 0.717) is 23.6 Å². The summed E-state index contributed by atoms with van der Waals surface area (Å²) in [5.41, 5.74) is 3.71. The molecule has 360 valence electrons. The zero-order chi connectivity index (χ0) is 46.5. The van der Waals surface area contributed by atoms with Gasteiger partial charge in [0.2, 0.25) is 0 Å². The van der Waals surface area contributed by atoms with Crippen LogP contribution in [0.5, 0.6) is 0 Å². The quantitative estimate of drug-likeness (QED) is 0.0261. The minimum Gasteiger partial charge on any atom is -0.744 e. The molecule has 0 fully saturated rings. The summed E-state index contributed by atoms with van der Waals surface area (Å²) >= 11 is 0. The molecule has 0 spiro atoms. The zero-order valence-corrected chi connectivity index (χ0v) is 47.4. The van der Waals surface area contributed by atoms with Gasteiger partial charge in [-0.3, -0.25) is 0 Å². The summed E-state index contributed by atoms with van der Waals surface area (Å²) in [4.78, 5) is 0.0825. The van der Waals surface area contributed by atoms with E-state index in [-0.39, 0.29) is 58.7 Å². The van der Waals surface area contributed by atoms with Crippen LogP contribution in [0.3, 0.4) is 0 Å². The average molecular weight is 1060 g/mol. The fourth-order valence-corrected chi connectivity index (χ4v) is 11.4. The van der Waals surface area contributed by atoms with Crippen molar-refractivity contribution in [1.82, 2.24) is 0 Å². The standard InChI is InChI=1S/2C28H44O3S.Ba/c2*1-3-5-7-9-11-13-15-19-24-23-25-20-17-18-22-27(25)28(32(29,30)31)26(24)21-16-14-12-10-8-6-4-2;/h2*17-18,20,22-23H,3-16,19,21H2,1-2H3,(H,29,30,31);/q;;+2/p-2. The van der Waals surface area contributed by atoms with E-state index in [0.717, 1.165) is 97.2 Å². The maximum atomic E-state index is 12.3. The van der Waals surface area contributed by atoms with Crippen LogP contribution in [0.25, 0.3) is 21.5 Å². The summed E-state index contributed by atoms with van der Waals surface area (Å²) in [6.45, 7) is 8.90. The van der Waals surface area contributed by atoms with Gasteiger partial charge in [0.05, 0.1) is 9.79 Å². The van der Waals surface area contributed by atoms with E-state index in [1.54, 1.807) is 12.1 Å². The average Bonchev–Trinajstić information content (AvgIpc) is 3.27. The minimum atomic E-state index is -4.53. The molecular formula is C56H86BaO6S2. The second-order valence-corrected chi connectivity index (χ2v) is 21.2.